The van der Waals surface area contributed by atoms with Crippen LogP contribution in [-0.4, -0.2) is 22.1 Å². The summed E-state index contributed by atoms with van der Waals surface area (Å²) in [6.45, 7) is 2.03. The third-order valence-electron chi connectivity index (χ3n) is 4.08. The molecule has 2 aliphatic heterocycles. The molecule has 6 heteroatoms. The van der Waals surface area contributed by atoms with E-state index in [2.05, 4.69) is 15.7 Å². The van der Waals surface area contributed by atoms with Crippen molar-refractivity contribution in [3.05, 3.63) is 71.8 Å². The summed E-state index contributed by atoms with van der Waals surface area (Å²) >= 11 is 0. The number of nitrogens with zero attached hydrogens (tertiary/aromatic N) is 2. The molecule has 3 heterocycles. The van der Waals surface area contributed by atoms with Gasteiger partial charge in [-0.2, -0.15) is 0 Å². The predicted octanol–water partition coefficient (Wildman–Crippen LogP) is 2.52. The van der Waals surface area contributed by atoms with Gasteiger partial charge in [-0.3, -0.25) is 15.4 Å². The number of aryl methyl sites for hydroxylation is 1. The van der Waals surface area contributed by atoms with Crippen molar-refractivity contribution in [2.24, 2.45) is 0 Å². The van der Waals surface area contributed by atoms with E-state index in [1.54, 1.807) is 18.5 Å². The summed E-state index contributed by atoms with van der Waals surface area (Å²) in [4.78, 5) is 15.5. The zero-order valence-corrected chi connectivity index (χ0v) is 13.0. The van der Waals surface area contributed by atoms with Crippen LogP contribution in [0.4, 0.5) is 11.4 Å². The minimum Gasteiger partial charge on any atom is -0.479 e. The molecule has 0 saturated heterocycles. The van der Waals surface area contributed by atoms with Crippen molar-refractivity contribution in [1.29, 1.82) is 0 Å². The van der Waals surface area contributed by atoms with Crippen LogP contribution in [-0.2, 0) is 4.79 Å². The second-order valence-electron chi connectivity index (χ2n) is 5.83. The molecule has 0 spiro atoms. The first-order chi connectivity index (χ1) is 11.6. The number of rotatable bonds is 3. The maximum atomic E-state index is 11.3. The highest BCUT2D eigenvalue weighted by Crippen LogP contribution is 2.38. The Morgan fingerprint density at radius 2 is 2.25 bits per heavy atom. The van der Waals surface area contributed by atoms with Gasteiger partial charge in [-0.05, 0) is 36.8 Å². The van der Waals surface area contributed by atoms with Crippen LogP contribution in [0.5, 0.6) is 0 Å². The second-order valence-corrected chi connectivity index (χ2v) is 5.83. The average molecular weight is 320 g/mol. The number of fused-ring (bicyclic) bond motifs is 3. The molecule has 0 saturated carbocycles. The van der Waals surface area contributed by atoms with E-state index in [0.717, 1.165) is 33.8 Å². The molecule has 2 aromatic rings. The number of carbonyl (C=O) groups is 1. The third-order valence-corrected chi connectivity index (χ3v) is 4.08. The Morgan fingerprint density at radius 3 is 3.04 bits per heavy atom. The summed E-state index contributed by atoms with van der Waals surface area (Å²) in [5.41, 5.74) is 8.93. The number of carboxylic acids is 1. The van der Waals surface area contributed by atoms with Crippen LogP contribution in [0.3, 0.4) is 0 Å². The van der Waals surface area contributed by atoms with Gasteiger partial charge in [0.15, 0.2) is 0 Å². The largest absolute Gasteiger partial charge is 0.479 e. The van der Waals surface area contributed by atoms with Gasteiger partial charge in [-0.1, -0.05) is 12.1 Å². The van der Waals surface area contributed by atoms with E-state index in [9.17, 15) is 9.90 Å². The Hall–Kier alpha value is -3.28. The molecular weight excluding hydrogens is 304 g/mol. The molecule has 1 aromatic heterocycles. The normalized spacial score (nSPS) is 18.0. The first-order valence-electron chi connectivity index (χ1n) is 7.62. The molecule has 1 unspecified atom stereocenters. The zero-order chi connectivity index (χ0) is 16.7. The van der Waals surface area contributed by atoms with Crippen LogP contribution < -0.4 is 15.8 Å². The van der Waals surface area contributed by atoms with E-state index in [1.807, 2.05) is 48.5 Å². The van der Waals surface area contributed by atoms with Crippen LogP contribution in [0.1, 0.15) is 11.1 Å². The quantitative estimate of drug-likeness (QED) is 0.807. The molecule has 2 aliphatic rings. The van der Waals surface area contributed by atoms with Gasteiger partial charge in [0.05, 0.1) is 29.5 Å². The summed E-state index contributed by atoms with van der Waals surface area (Å²) < 4.78 is 0. The molecule has 0 radical (unpaired) electrons. The first-order valence-corrected chi connectivity index (χ1v) is 7.62. The van der Waals surface area contributed by atoms with E-state index in [-0.39, 0.29) is 0 Å². The lowest BCUT2D eigenvalue weighted by atomic mass is 10.0. The Labute approximate surface area is 139 Å². The molecule has 0 bridgehead atoms. The lowest BCUT2D eigenvalue weighted by Gasteiger charge is -2.30. The van der Waals surface area contributed by atoms with Crippen molar-refractivity contribution < 1.29 is 9.90 Å². The monoisotopic (exact) mass is 320 g/mol. The van der Waals surface area contributed by atoms with Crippen molar-refractivity contribution >= 4 is 22.9 Å². The van der Waals surface area contributed by atoms with E-state index in [1.165, 1.54) is 0 Å². The van der Waals surface area contributed by atoms with Crippen LogP contribution in [0.15, 0.2) is 60.7 Å². The Kier molecular flexibility index (Phi) is 3.23. The number of anilines is 2. The van der Waals surface area contributed by atoms with Crippen molar-refractivity contribution in [2.75, 3.05) is 10.4 Å². The first kappa shape index (κ1) is 14.3. The molecule has 4 rings (SSSR count). The van der Waals surface area contributed by atoms with Crippen LogP contribution >= 0.6 is 0 Å². The van der Waals surface area contributed by atoms with Crippen molar-refractivity contribution in [3.63, 3.8) is 0 Å². The van der Waals surface area contributed by atoms with Gasteiger partial charge in [0.1, 0.15) is 6.04 Å². The molecule has 1 atom stereocenters. The lowest BCUT2D eigenvalue weighted by Crippen LogP contribution is -2.33. The number of pyridine rings is 1. The number of aliphatic carboxylic acids is 1. The smallest absolute Gasteiger partial charge is 0.330 e. The number of allylic oxidation sites excluding steroid dienone is 1. The molecule has 3 N–H and O–H groups in total. The number of hydrogen-bond donors (Lipinski definition) is 3. The fourth-order valence-electron chi connectivity index (χ4n) is 2.97. The molecule has 0 aliphatic carbocycles. The average Bonchev–Trinajstić information content (AvgIpc) is 3.00. The van der Waals surface area contributed by atoms with Gasteiger partial charge in [0.25, 0.3) is 0 Å². The van der Waals surface area contributed by atoms with E-state index >= 15 is 0 Å². The predicted molar refractivity (Wildman–Crippen MR) is 92.1 cm³/mol. The highest BCUT2D eigenvalue weighted by Gasteiger charge is 2.31. The van der Waals surface area contributed by atoms with E-state index in [0.29, 0.717) is 0 Å². The molecule has 120 valence electrons. The summed E-state index contributed by atoms with van der Waals surface area (Å²) in [5.74, 6) is -0.897. The Bertz CT molecular complexity index is 888. The SMILES string of the molecule is Cc1cccc(NN2C=C3NC(C(=O)O)C=C3c3ccncc32)c1. The number of benzene rings is 1. The number of nitrogens with one attached hydrogen (secondary N) is 2. The standard InChI is InChI=1S/C18H16N4O2/c1-11-3-2-4-12(7-11)21-22-10-16-14(8-15(20-16)18(23)24)13-5-6-19-9-17(13)22/h2-10,15,20-21H,1H3,(H,23,24). The summed E-state index contributed by atoms with van der Waals surface area (Å²) in [6.07, 6.45) is 7.07. The van der Waals surface area contributed by atoms with Gasteiger partial charge in [0.2, 0.25) is 0 Å². The molecule has 24 heavy (non-hydrogen) atoms. The van der Waals surface area contributed by atoms with Gasteiger partial charge in [-0.25, -0.2) is 4.79 Å². The van der Waals surface area contributed by atoms with Crippen LogP contribution in [0.25, 0.3) is 5.57 Å². The van der Waals surface area contributed by atoms with Gasteiger partial charge in [-0.15, -0.1) is 0 Å². The fraction of sp³-hybridized carbons (Fsp3) is 0.111. The van der Waals surface area contributed by atoms with E-state index in [4.69, 9.17) is 0 Å². The van der Waals surface area contributed by atoms with Gasteiger partial charge >= 0.3 is 5.97 Å². The minimum atomic E-state index is -0.897. The molecule has 0 fully saturated rings. The molecular formula is C18H16N4O2. The Balaban J connectivity index is 1.74. The number of hydrogen-bond acceptors (Lipinski definition) is 5. The number of hydrazine groups is 1. The minimum absolute atomic E-state index is 0.716. The molecule has 0 amide bonds. The molecule has 1 aromatic carbocycles. The van der Waals surface area contributed by atoms with Crippen molar-refractivity contribution in [3.8, 4) is 0 Å². The zero-order valence-electron chi connectivity index (χ0n) is 13.0. The van der Waals surface area contributed by atoms with Crippen molar-refractivity contribution in [1.82, 2.24) is 10.3 Å². The Morgan fingerprint density at radius 1 is 1.38 bits per heavy atom. The lowest BCUT2D eigenvalue weighted by molar-refractivity contribution is -0.137. The van der Waals surface area contributed by atoms with E-state index < -0.39 is 12.0 Å². The van der Waals surface area contributed by atoms with Gasteiger partial charge < -0.3 is 10.4 Å². The van der Waals surface area contributed by atoms with Crippen LogP contribution in [0, 0.1) is 6.92 Å². The summed E-state index contributed by atoms with van der Waals surface area (Å²) in [5, 5.41) is 14.2. The fourth-order valence-corrected chi connectivity index (χ4v) is 2.97. The van der Waals surface area contributed by atoms with Gasteiger partial charge in [0, 0.05) is 17.3 Å². The maximum absolute atomic E-state index is 11.3. The topological polar surface area (TPSA) is 77.5 Å². The van der Waals surface area contributed by atoms with Crippen molar-refractivity contribution in [2.45, 2.75) is 13.0 Å². The highest BCUT2D eigenvalue weighted by molar-refractivity contribution is 5.95. The third kappa shape index (κ3) is 2.38. The molecule has 6 nitrogen and oxygen atoms in total. The summed E-state index contributed by atoms with van der Waals surface area (Å²) in [7, 11) is 0. The highest BCUT2D eigenvalue weighted by atomic mass is 16.4. The number of aromatic nitrogens is 1. The number of carboxylic acid groups (broad SMARTS) is 1. The van der Waals surface area contributed by atoms with Crippen LogP contribution in [0.2, 0.25) is 0 Å². The maximum Gasteiger partial charge on any atom is 0.330 e. The summed E-state index contributed by atoms with van der Waals surface area (Å²) in [6, 6.07) is 9.22. The second kappa shape index (κ2) is 5.42.